The van der Waals surface area contributed by atoms with Crippen LogP contribution in [0.3, 0.4) is 0 Å². The molecule has 0 saturated carbocycles. The molecule has 1 aromatic rings. The van der Waals surface area contributed by atoms with E-state index in [2.05, 4.69) is 70.3 Å². The van der Waals surface area contributed by atoms with Crippen molar-refractivity contribution in [3.8, 4) is 0 Å². The Morgan fingerprint density at radius 2 is 1.83 bits per heavy atom. The molecule has 23 heavy (non-hydrogen) atoms. The molecule has 0 amide bonds. The van der Waals surface area contributed by atoms with Gasteiger partial charge < -0.3 is 4.74 Å². The summed E-state index contributed by atoms with van der Waals surface area (Å²) in [5, 5.41) is 3.05. The molecule has 0 bridgehead atoms. The largest absolute Gasteiger partial charge is 0.462 e. The summed E-state index contributed by atoms with van der Waals surface area (Å²) in [5.41, 5.74) is 0. The van der Waals surface area contributed by atoms with Crippen LogP contribution in [0.25, 0.3) is 0 Å². The maximum Gasteiger partial charge on any atom is 0.302 e. The van der Waals surface area contributed by atoms with Crippen LogP contribution in [-0.2, 0) is 9.53 Å². The van der Waals surface area contributed by atoms with Crippen LogP contribution in [0.4, 0.5) is 0 Å². The Morgan fingerprint density at radius 1 is 1.22 bits per heavy atom. The molecule has 124 valence electrons. The van der Waals surface area contributed by atoms with Gasteiger partial charge in [0.1, 0.15) is 20.1 Å². The van der Waals surface area contributed by atoms with Gasteiger partial charge in [-0.1, -0.05) is 61.6 Å². The predicted molar refractivity (Wildman–Crippen MR) is 99.1 cm³/mol. The highest BCUT2D eigenvalue weighted by Gasteiger charge is 2.44. The van der Waals surface area contributed by atoms with E-state index < -0.39 is 8.07 Å². The van der Waals surface area contributed by atoms with E-state index in [1.807, 2.05) is 0 Å². The molecule has 3 heteroatoms. The third-order valence-electron chi connectivity index (χ3n) is 5.10. The van der Waals surface area contributed by atoms with Gasteiger partial charge in [0, 0.05) is 19.3 Å². The fourth-order valence-electron chi connectivity index (χ4n) is 3.66. The molecular formula is C20H29O2Si+. The quantitative estimate of drug-likeness (QED) is 0.468. The average Bonchev–Trinajstić information content (AvgIpc) is 2.49. The second kappa shape index (κ2) is 6.96. The first kappa shape index (κ1) is 17.9. The van der Waals surface area contributed by atoms with Crippen LogP contribution in [0.1, 0.15) is 34.1 Å². The summed E-state index contributed by atoms with van der Waals surface area (Å²) >= 11 is 0. The van der Waals surface area contributed by atoms with E-state index in [4.69, 9.17) is 4.74 Å². The first-order valence-corrected chi connectivity index (χ1v) is 11.5. The number of rotatable bonds is 4. The van der Waals surface area contributed by atoms with Gasteiger partial charge in [-0.05, 0) is 5.20 Å². The van der Waals surface area contributed by atoms with E-state index in [1.165, 1.54) is 18.0 Å². The van der Waals surface area contributed by atoms with Crippen molar-refractivity contribution in [2.24, 2.45) is 11.8 Å². The fourth-order valence-corrected chi connectivity index (χ4v) is 6.98. The molecule has 2 rings (SSSR count). The van der Waals surface area contributed by atoms with Crippen LogP contribution in [0.15, 0.2) is 41.6 Å². The Morgan fingerprint density at radius 3 is 2.35 bits per heavy atom. The van der Waals surface area contributed by atoms with Crippen molar-refractivity contribution in [1.82, 2.24) is 0 Å². The molecule has 0 aliphatic heterocycles. The van der Waals surface area contributed by atoms with Crippen molar-refractivity contribution in [3.63, 3.8) is 0 Å². The Labute approximate surface area is 142 Å². The first-order chi connectivity index (χ1) is 10.7. The highest BCUT2D eigenvalue weighted by molar-refractivity contribution is 6.95. The molecule has 0 fully saturated rings. The lowest BCUT2D eigenvalue weighted by Gasteiger charge is -2.37. The van der Waals surface area contributed by atoms with Gasteiger partial charge in [-0.15, -0.1) is 0 Å². The van der Waals surface area contributed by atoms with Gasteiger partial charge in [0.05, 0.1) is 19.8 Å². The molecule has 1 aliphatic carbocycles. The Balaban J connectivity index is 2.40. The maximum absolute atomic E-state index is 11.4. The Hall–Kier alpha value is -1.48. The number of ether oxygens (including phenoxy) is 1. The van der Waals surface area contributed by atoms with Crippen LogP contribution >= 0.6 is 0 Å². The minimum Gasteiger partial charge on any atom is -0.462 e. The van der Waals surface area contributed by atoms with Gasteiger partial charge in [0.15, 0.2) is 0 Å². The summed E-state index contributed by atoms with van der Waals surface area (Å²) in [5.74, 6) is 1.93. The van der Waals surface area contributed by atoms with E-state index >= 15 is 0 Å². The van der Waals surface area contributed by atoms with Crippen LogP contribution < -0.4 is 5.19 Å². The van der Waals surface area contributed by atoms with Crippen molar-refractivity contribution in [3.05, 3.63) is 47.5 Å². The smallest absolute Gasteiger partial charge is 0.302 e. The van der Waals surface area contributed by atoms with Gasteiger partial charge in [-0.3, -0.25) is 4.79 Å². The molecular weight excluding hydrogens is 300 g/mol. The molecule has 0 aromatic heterocycles. The highest BCUT2D eigenvalue weighted by Crippen LogP contribution is 2.40. The average molecular weight is 330 g/mol. The molecule has 0 spiro atoms. The third kappa shape index (κ3) is 3.89. The molecule has 0 radical (unpaired) electrons. The highest BCUT2D eigenvalue weighted by atomic mass is 28.3. The van der Waals surface area contributed by atoms with Crippen molar-refractivity contribution in [1.29, 1.82) is 0 Å². The minimum absolute atomic E-state index is 0.00303. The van der Waals surface area contributed by atoms with Gasteiger partial charge >= 0.3 is 5.97 Å². The number of carbonyl (C=O) groups is 1. The third-order valence-corrected chi connectivity index (χ3v) is 8.84. The lowest BCUT2D eigenvalue weighted by atomic mass is 9.80. The van der Waals surface area contributed by atoms with E-state index in [1.54, 1.807) is 5.20 Å². The van der Waals surface area contributed by atoms with E-state index in [0.717, 1.165) is 6.42 Å². The normalized spacial score (nSPS) is 24.8. The minimum atomic E-state index is -1.72. The lowest BCUT2D eigenvalue weighted by Crippen LogP contribution is -2.49. The predicted octanol–water partition coefficient (Wildman–Crippen LogP) is 4.27. The monoisotopic (exact) mass is 329 g/mol. The summed E-state index contributed by atoms with van der Waals surface area (Å²) in [6.07, 6.45) is 3.31. The van der Waals surface area contributed by atoms with Gasteiger partial charge in [0.25, 0.3) is 0 Å². The first-order valence-electron chi connectivity index (χ1n) is 8.48. The summed E-state index contributed by atoms with van der Waals surface area (Å²) < 4.78 is 5.57. The zero-order valence-electron chi connectivity index (χ0n) is 15.2. The second-order valence-electron chi connectivity index (χ2n) is 7.49. The van der Waals surface area contributed by atoms with E-state index in [9.17, 15) is 4.79 Å². The van der Waals surface area contributed by atoms with Crippen LogP contribution in [0.2, 0.25) is 13.1 Å². The lowest BCUT2D eigenvalue weighted by molar-refractivity contribution is -0.149. The number of esters is 1. The Kier molecular flexibility index (Phi) is 5.40. The molecule has 0 heterocycles. The number of benzene rings is 1. The van der Waals surface area contributed by atoms with Crippen LogP contribution in [0, 0.1) is 17.8 Å². The summed E-state index contributed by atoms with van der Waals surface area (Å²) in [6.45, 7) is 13.0. The molecule has 0 unspecified atom stereocenters. The van der Waals surface area contributed by atoms with Crippen molar-refractivity contribution in [2.45, 2.75) is 53.3 Å². The number of hydrogen-bond acceptors (Lipinski definition) is 2. The van der Waals surface area contributed by atoms with Crippen molar-refractivity contribution < 1.29 is 9.53 Å². The molecule has 1 aromatic carbocycles. The van der Waals surface area contributed by atoms with Gasteiger partial charge in [0.2, 0.25) is 0 Å². The Bertz CT molecular complexity index is 575. The van der Waals surface area contributed by atoms with Gasteiger partial charge in [-0.2, -0.15) is 0 Å². The van der Waals surface area contributed by atoms with Crippen LogP contribution in [-0.4, -0.2) is 20.1 Å². The van der Waals surface area contributed by atoms with E-state index in [-0.39, 0.29) is 18.0 Å². The van der Waals surface area contributed by atoms with Crippen molar-refractivity contribution >= 4 is 19.2 Å². The SMILES string of the molecule is CC(=O)O[C@H]1C[C@H]([C+](C)C)C([Si](C)(C)c2ccccc2)=C[C@H]1C. The fraction of sp³-hybridized carbons (Fsp3) is 0.500. The summed E-state index contributed by atoms with van der Waals surface area (Å²) in [6, 6.07) is 10.9. The summed E-state index contributed by atoms with van der Waals surface area (Å²) in [4.78, 5) is 11.4. The molecule has 2 nitrogen and oxygen atoms in total. The van der Waals surface area contributed by atoms with E-state index in [0.29, 0.717) is 5.92 Å². The molecule has 0 N–H and O–H groups in total. The zero-order valence-corrected chi connectivity index (χ0v) is 16.2. The van der Waals surface area contributed by atoms with Gasteiger partial charge in [-0.25, -0.2) is 0 Å². The zero-order chi connectivity index (χ0) is 17.2. The standard InChI is InChI=1S/C20H29O2Si/c1-14(2)18-13-19(22-16(4)21)15(3)12-20(18)23(5,6)17-10-8-7-9-11-17/h7-12,15,18-19H,13H2,1-6H3/q+1/t15-,18-,19+/m1/s1. The molecule has 3 atom stereocenters. The number of carbonyl (C=O) groups excluding carboxylic acids is 1. The molecule has 0 saturated heterocycles. The van der Waals surface area contributed by atoms with Crippen molar-refractivity contribution in [2.75, 3.05) is 0 Å². The number of allylic oxidation sites excluding steroid dienone is 1. The number of hydrogen-bond donors (Lipinski definition) is 0. The second-order valence-corrected chi connectivity index (χ2v) is 11.9. The van der Waals surface area contributed by atoms with Crippen LogP contribution in [0.5, 0.6) is 0 Å². The topological polar surface area (TPSA) is 26.3 Å². The summed E-state index contributed by atoms with van der Waals surface area (Å²) in [7, 11) is -1.72. The molecule has 1 aliphatic rings. The maximum atomic E-state index is 11.4.